The molecule has 0 radical (unpaired) electrons. The topological polar surface area (TPSA) is 59.3 Å². The zero-order valence-corrected chi connectivity index (χ0v) is 13.4. The Morgan fingerprint density at radius 2 is 1.91 bits per heavy atom. The molecule has 2 aromatic carbocycles. The number of nitrogens with one attached hydrogen (secondary N) is 1. The lowest BCUT2D eigenvalue weighted by Crippen LogP contribution is -2.24. The lowest BCUT2D eigenvalue weighted by molar-refractivity contribution is 0.0929. The van der Waals surface area contributed by atoms with Gasteiger partial charge in [0.25, 0.3) is 0 Å². The van der Waals surface area contributed by atoms with Crippen LogP contribution in [0.25, 0.3) is 11.0 Å². The van der Waals surface area contributed by atoms with Crippen LogP contribution in [0.5, 0.6) is 5.75 Å². The molecule has 0 saturated heterocycles. The molecule has 1 heterocycles. The summed E-state index contributed by atoms with van der Waals surface area (Å²) in [7, 11) is 1.87. The van der Waals surface area contributed by atoms with Gasteiger partial charge in [0.2, 0.25) is 0 Å². The molecule has 2 N–H and O–H groups in total. The van der Waals surface area contributed by atoms with Crippen LogP contribution >= 0.6 is 0 Å². The monoisotopic (exact) mass is 311 g/mol. The molecule has 0 fully saturated rings. The second kappa shape index (κ2) is 6.71. The predicted octanol–water partition coefficient (Wildman–Crippen LogP) is 2.83. The van der Waals surface area contributed by atoms with Crippen molar-refractivity contribution in [3.63, 3.8) is 0 Å². The summed E-state index contributed by atoms with van der Waals surface area (Å²) in [6, 6.07) is 15.6. The Morgan fingerprint density at radius 3 is 2.65 bits per heavy atom. The Bertz CT molecular complexity index is 781. The number of aromatic nitrogens is 2. The molecule has 23 heavy (non-hydrogen) atoms. The Hall–Kier alpha value is -2.53. The van der Waals surface area contributed by atoms with Gasteiger partial charge >= 0.3 is 0 Å². The molecule has 0 aliphatic heterocycles. The number of hydrogen-bond donors (Lipinski definition) is 2. The second-order valence-electron chi connectivity index (χ2n) is 5.50. The maximum Gasteiger partial charge on any atom is 0.119 e. The summed E-state index contributed by atoms with van der Waals surface area (Å²) in [5.41, 5.74) is 3.00. The van der Waals surface area contributed by atoms with Crippen LogP contribution in [0.4, 0.5) is 5.69 Å². The summed E-state index contributed by atoms with van der Waals surface area (Å²) in [4.78, 5) is 4.51. The van der Waals surface area contributed by atoms with Crippen LogP contribution in [0.3, 0.4) is 0 Å². The lowest BCUT2D eigenvalue weighted by atomic mass is 10.3. The number of benzene rings is 2. The van der Waals surface area contributed by atoms with Gasteiger partial charge in [0, 0.05) is 12.7 Å². The zero-order valence-electron chi connectivity index (χ0n) is 13.4. The zero-order chi connectivity index (χ0) is 16.2. The molecule has 0 amide bonds. The molecule has 3 aromatic rings. The number of para-hydroxylation sites is 2. The largest absolute Gasteiger partial charge is 0.491 e. The van der Waals surface area contributed by atoms with Crippen LogP contribution in [0.1, 0.15) is 5.82 Å². The first-order valence-corrected chi connectivity index (χ1v) is 7.68. The van der Waals surface area contributed by atoms with Gasteiger partial charge in [-0.25, -0.2) is 4.98 Å². The van der Waals surface area contributed by atoms with E-state index >= 15 is 0 Å². The van der Waals surface area contributed by atoms with Crippen LogP contribution in [-0.2, 0) is 6.54 Å². The summed E-state index contributed by atoms with van der Waals surface area (Å²) >= 11 is 0. The van der Waals surface area contributed by atoms with E-state index in [4.69, 9.17) is 4.74 Å². The van der Waals surface area contributed by atoms with E-state index in [1.54, 1.807) is 0 Å². The van der Waals surface area contributed by atoms with Crippen LogP contribution in [0, 0.1) is 6.92 Å². The Morgan fingerprint density at radius 1 is 1.17 bits per heavy atom. The number of fused-ring (bicyclic) bond motifs is 1. The molecule has 1 aromatic heterocycles. The fraction of sp³-hybridized carbons (Fsp3) is 0.278. The molecule has 0 saturated carbocycles. The SMILES string of the molecule is CNc1ccc(OCC(O)Cn2c(C)nc3ccccc32)cc1. The highest BCUT2D eigenvalue weighted by molar-refractivity contribution is 5.75. The number of aryl methyl sites for hydroxylation is 1. The van der Waals surface area contributed by atoms with E-state index in [0.29, 0.717) is 6.54 Å². The van der Waals surface area contributed by atoms with Gasteiger partial charge in [-0.2, -0.15) is 0 Å². The number of hydrogen-bond acceptors (Lipinski definition) is 4. The van der Waals surface area contributed by atoms with Gasteiger partial charge in [-0.3, -0.25) is 0 Å². The maximum absolute atomic E-state index is 10.3. The summed E-state index contributed by atoms with van der Waals surface area (Å²) in [6.45, 7) is 2.65. The number of anilines is 1. The van der Waals surface area contributed by atoms with E-state index < -0.39 is 6.10 Å². The predicted molar refractivity (Wildman–Crippen MR) is 92.0 cm³/mol. The van der Waals surface area contributed by atoms with Gasteiger partial charge < -0.3 is 19.7 Å². The van der Waals surface area contributed by atoms with Gasteiger partial charge in [0.15, 0.2) is 0 Å². The van der Waals surface area contributed by atoms with Crippen molar-refractivity contribution < 1.29 is 9.84 Å². The highest BCUT2D eigenvalue weighted by atomic mass is 16.5. The number of imidazole rings is 1. The van der Waals surface area contributed by atoms with Gasteiger partial charge in [0.05, 0.1) is 17.6 Å². The van der Waals surface area contributed by atoms with Crippen molar-refractivity contribution in [3.8, 4) is 5.75 Å². The fourth-order valence-corrected chi connectivity index (χ4v) is 2.60. The minimum Gasteiger partial charge on any atom is -0.491 e. The molecule has 0 spiro atoms. The van der Waals surface area contributed by atoms with Crippen molar-refractivity contribution in [1.82, 2.24) is 9.55 Å². The molecule has 0 bridgehead atoms. The van der Waals surface area contributed by atoms with Gasteiger partial charge in [-0.1, -0.05) is 12.1 Å². The Kier molecular flexibility index (Phi) is 4.48. The average molecular weight is 311 g/mol. The van der Waals surface area contributed by atoms with E-state index in [1.807, 2.05) is 67.1 Å². The molecular formula is C18H21N3O2. The van der Waals surface area contributed by atoms with E-state index in [9.17, 15) is 5.11 Å². The number of ether oxygens (including phenoxy) is 1. The van der Waals surface area contributed by atoms with E-state index in [1.165, 1.54) is 0 Å². The minimum atomic E-state index is -0.602. The van der Waals surface area contributed by atoms with E-state index in [2.05, 4.69) is 10.3 Å². The third kappa shape index (κ3) is 3.46. The molecule has 120 valence electrons. The number of nitrogens with zero attached hydrogens (tertiary/aromatic N) is 2. The van der Waals surface area contributed by atoms with Crippen molar-refractivity contribution in [2.24, 2.45) is 0 Å². The van der Waals surface area contributed by atoms with Crippen LogP contribution in [0.2, 0.25) is 0 Å². The number of aliphatic hydroxyl groups excluding tert-OH is 1. The first-order valence-electron chi connectivity index (χ1n) is 7.68. The first kappa shape index (κ1) is 15.4. The maximum atomic E-state index is 10.3. The van der Waals surface area contributed by atoms with Crippen molar-refractivity contribution in [1.29, 1.82) is 0 Å². The first-order chi connectivity index (χ1) is 11.2. The summed E-state index contributed by atoms with van der Waals surface area (Å²) < 4.78 is 7.68. The highest BCUT2D eigenvalue weighted by Crippen LogP contribution is 2.17. The normalized spacial score (nSPS) is 12.3. The smallest absolute Gasteiger partial charge is 0.119 e. The molecule has 0 aliphatic carbocycles. The molecular weight excluding hydrogens is 290 g/mol. The fourth-order valence-electron chi connectivity index (χ4n) is 2.60. The molecule has 0 aliphatic rings. The van der Waals surface area contributed by atoms with Gasteiger partial charge in [-0.05, 0) is 43.3 Å². The molecule has 1 atom stereocenters. The van der Waals surface area contributed by atoms with Crippen LogP contribution < -0.4 is 10.1 Å². The standard InChI is InChI=1S/C18H21N3O2/c1-13-20-17-5-3-4-6-18(17)21(13)11-15(22)12-23-16-9-7-14(19-2)8-10-16/h3-10,15,19,22H,11-12H2,1-2H3. The molecule has 3 rings (SSSR count). The summed E-state index contributed by atoms with van der Waals surface area (Å²) in [6.07, 6.45) is -0.602. The third-order valence-corrected chi connectivity index (χ3v) is 3.82. The van der Waals surface area contributed by atoms with Crippen LogP contribution in [-0.4, -0.2) is 34.4 Å². The van der Waals surface area contributed by atoms with E-state index in [0.717, 1.165) is 28.3 Å². The van der Waals surface area contributed by atoms with Gasteiger partial charge in [0.1, 0.15) is 24.3 Å². The number of aliphatic hydroxyl groups is 1. The third-order valence-electron chi connectivity index (χ3n) is 3.82. The molecule has 1 unspecified atom stereocenters. The Labute approximate surface area is 135 Å². The molecule has 5 heteroatoms. The van der Waals surface area contributed by atoms with E-state index in [-0.39, 0.29) is 6.61 Å². The average Bonchev–Trinajstić information content (AvgIpc) is 2.89. The summed E-state index contributed by atoms with van der Waals surface area (Å²) in [5, 5.41) is 13.3. The minimum absolute atomic E-state index is 0.241. The number of rotatable bonds is 6. The van der Waals surface area contributed by atoms with Crippen molar-refractivity contribution in [2.75, 3.05) is 19.0 Å². The van der Waals surface area contributed by atoms with Crippen molar-refractivity contribution >= 4 is 16.7 Å². The van der Waals surface area contributed by atoms with Gasteiger partial charge in [-0.15, -0.1) is 0 Å². The lowest BCUT2D eigenvalue weighted by Gasteiger charge is -2.15. The quantitative estimate of drug-likeness (QED) is 0.735. The Balaban J connectivity index is 1.64. The summed E-state index contributed by atoms with van der Waals surface area (Å²) in [5.74, 6) is 1.64. The highest BCUT2D eigenvalue weighted by Gasteiger charge is 2.12. The van der Waals surface area contributed by atoms with Crippen LogP contribution in [0.15, 0.2) is 48.5 Å². The van der Waals surface area contributed by atoms with Crippen molar-refractivity contribution in [2.45, 2.75) is 19.6 Å². The molecule has 5 nitrogen and oxygen atoms in total. The second-order valence-corrected chi connectivity index (χ2v) is 5.50. The van der Waals surface area contributed by atoms with Crippen molar-refractivity contribution in [3.05, 3.63) is 54.4 Å².